The van der Waals surface area contributed by atoms with Gasteiger partial charge in [0, 0.05) is 36.0 Å². The van der Waals surface area contributed by atoms with Crippen molar-refractivity contribution in [2.45, 2.75) is 32.4 Å². The Balaban J connectivity index is 1.50. The van der Waals surface area contributed by atoms with Gasteiger partial charge < -0.3 is 25.6 Å². The van der Waals surface area contributed by atoms with Crippen LogP contribution in [0.2, 0.25) is 5.02 Å². The summed E-state index contributed by atoms with van der Waals surface area (Å²) in [4.78, 5) is 27.2. The maximum Gasteiger partial charge on any atom is 0.319 e. The van der Waals surface area contributed by atoms with Crippen molar-refractivity contribution in [2.24, 2.45) is 0 Å². The van der Waals surface area contributed by atoms with Gasteiger partial charge in [0.15, 0.2) is 0 Å². The van der Waals surface area contributed by atoms with E-state index in [1.807, 2.05) is 19.1 Å². The molecule has 0 saturated carbocycles. The molecule has 0 unspecified atom stereocenters. The predicted octanol–water partition coefficient (Wildman–Crippen LogP) is 3.78. The van der Waals surface area contributed by atoms with Crippen molar-refractivity contribution in [1.29, 1.82) is 0 Å². The number of rotatable bonds is 8. The van der Waals surface area contributed by atoms with Crippen LogP contribution in [0.5, 0.6) is 0 Å². The second kappa shape index (κ2) is 11.6. The summed E-state index contributed by atoms with van der Waals surface area (Å²) < 4.78 is 5.39. The lowest BCUT2D eigenvalue weighted by Crippen LogP contribution is -2.47. The molecular weight excluding hydrogens is 416 g/mol. The van der Waals surface area contributed by atoms with E-state index < -0.39 is 12.1 Å². The van der Waals surface area contributed by atoms with Crippen LogP contribution in [0.25, 0.3) is 0 Å². The minimum atomic E-state index is -0.607. The van der Waals surface area contributed by atoms with E-state index in [1.165, 1.54) is 0 Å². The monoisotopic (exact) mass is 444 g/mol. The number of carbonyl (C=O) groups is 2. The number of benzene rings is 2. The number of hydrogen-bond acceptors (Lipinski definition) is 4. The summed E-state index contributed by atoms with van der Waals surface area (Å²) in [6.07, 6.45) is 1.32. The maximum atomic E-state index is 12.7. The number of morpholine rings is 1. The first-order chi connectivity index (χ1) is 15.0. The molecule has 0 aromatic heterocycles. The number of halogens is 1. The zero-order valence-corrected chi connectivity index (χ0v) is 18.5. The molecule has 1 saturated heterocycles. The van der Waals surface area contributed by atoms with Crippen LogP contribution in [0.15, 0.2) is 48.5 Å². The second-order valence-electron chi connectivity index (χ2n) is 7.43. The maximum absolute atomic E-state index is 12.7. The molecule has 2 aromatic carbocycles. The lowest BCUT2D eigenvalue weighted by Gasteiger charge is -2.29. The van der Waals surface area contributed by atoms with Crippen molar-refractivity contribution >= 4 is 34.9 Å². The van der Waals surface area contributed by atoms with Gasteiger partial charge in [-0.1, -0.05) is 37.1 Å². The quantitative estimate of drug-likeness (QED) is 0.578. The zero-order chi connectivity index (χ0) is 22.1. The van der Waals surface area contributed by atoms with E-state index >= 15 is 0 Å². The third-order valence-corrected chi connectivity index (χ3v) is 5.33. The summed E-state index contributed by atoms with van der Waals surface area (Å²) >= 11 is 5.86. The summed E-state index contributed by atoms with van der Waals surface area (Å²) in [5, 5.41) is 8.99. The molecule has 0 aliphatic carbocycles. The molecule has 0 spiro atoms. The summed E-state index contributed by atoms with van der Waals surface area (Å²) in [5.74, 6) is -0.203. The molecule has 3 N–H and O–H groups in total. The summed E-state index contributed by atoms with van der Waals surface area (Å²) in [6, 6.07) is 13.9. The minimum absolute atomic E-state index is 0.203. The number of anilines is 2. The highest BCUT2D eigenvalue weighted by atomic mass is 35.5. The van der Waals surface area contributed by atoms with E-state index in [0.717, 1.165) is 44.0 Å². The van der Waals surface area contributed by atoms with Gasteiger partial charge in [-0.15, -0.1) is 0 Å². The number of carbonyl (C=O) groups excluding carboxylic acids is 2. The molecule has 31 heavy (non-hydrogen) atoms. The lowest BCUT2D eigenvalue weighted by molar-refractivity contribution is -0.123. The SMILES string of the molecule is CCC[C@@H](NC(=O)Nc1ccc(Cl)cc1)C(=O)NCc1ccc(N2CCOCC2)cc1. The Labute approximate surface area is 188 Å². The van der Waals surface area contributed by atoms with Gasteiger partial charge in [-0.3, -0.25) is 4.79 Å². The van der Waals surface area contributed by atoms with E-state index in [0.29, 0.717) is 23.7 Å². The molecule has 2 aromatic rings. The summed E-state index contributed by atoms with van der Waals surface area (Å²) in [6.45, 7) is 5.65. The highest BCUT2D eigenvalue weighted by Crippen LogP contribution is 2.17. The Kier molecular flexibility index (Phi) is 8.55. The van der Waals surface area contributed by atoms with Gasteiger partial charge >= 0.3 is 6.03 Å². The molecule has 1 atom stereocenters. The van der Waals surface area contributed by atoms with Crippen LogP contribution < -0.4 is 20.9 Å². The number of hydrogen-bond donors (Lipinski definition) is 3. The van der Waals surface area contributed by atoms with E-state index in [1.54, 1.807) is 24.3 Å². The molecule has 0 radical (unpaired) electrons. The highest BCUT2D eigenvalue weighted by Gasteiger charge is 2.20. The van der Waals surface area contributed by atoms with E-state index in [9.17, 15) is 9.59 Å². The van der Waals surface area contributed by atoms with E-state index in [4.69, 9.17) is 16.3 Å². The molecule has 3 rings (SSSR count). The Bertz CT molecular complexity index is 852. The average Bonchev–Trinajstić information content (AvgIpc) is 2.79. The van der Waals surface area contributed by atoms with Crippen molar-refractivity contribution in [3.8, 4) is 0 Å². The number of amides is 3. The minimum Gasteiger partial charge on any atom is -0.378 e. The molecule has 8 heteroatoms. The van der Waals surface area contributed by atoms with Crippen molar-refractivity contribution < 1.29 is 14.3 Å². The number of urea groups is 1. The van der Waals surface area contributed by atoms with Crippen LogP contribution in [0.3, 0.4) is 0 Å². The van der Waals surface area contributed by atoms with Crippen molar-refractivity contribution in [3.63, 3.8) is 0 Å². The zero-order valence-electron chi connectivity index (χ0n) is 17.7. The normalized spacial score (nSPS) is 14.6. The molecule has 3 amide bonds. The average molecular weight is 445 g/mol. The van der Waals surface area contributed by atoms with Crippen LogP contribution in [-0.4, -0.2) is 44.3 Å². The highest BCUT2D eigenvalue weighted by molar-refractivity contribution is 6.30. The van der Waals surface area contributed by atoms with Crippen molar-refractivity contribution in [3.05, 3.63) is 59.1 Å². The number of nitrogens with zero attached hydrogens (tertiary/aromatic N) is 1. The Hall–Kier alpha value is -2.77. The summed E-state index contributed by atoms with van der Waals surface area (Å²) in [5.41, 5.74) is 2.77. The Morgan fingerprint density at radius 1 is 1.06 bits per heavy atom. The third kappa shape index (κ3) is 7.15. The molecular formula is C23H29ClN4O3. The molecule has 7 nitrogen and oxygen atoms in total. The van der Waals surface area contributed by atoms with Crippen LogP contribution in [0.1, 0.15) is 25.3 Å². The van der Waals surface area contributed by atoms with E-state index in [2.05, 4.69) is 33.0 Å². The van der Waals surface area contributed by atoms with Gasteiger partial charge in [0.2, 0.25) is 5.91 Å². The van der Waals surface area contributed by atoms with Gasteiger partial charge in [-0.25, -0.2) is 4.79 Å². The van der Waals surface area contributed by atoms with Gasteiger partial charge in [-0.2, -0.15) is 0 Å². The molecule has 0 bridgehead atoms. The Morgan fingerprint density at radius 2 is 1.74 bits per heavy atom. The van der Waals surface area contributed by atoms with E-state index in [-0.39, 0.29) is 5.91 Å². The first-order valence-electron chi connectivity index (χ1n) is 10.6. The third-order valence-electron chi connectivity index (χ3n) is 5.08. The summed E-state index contributed by atoms with van der Waals surface area (Å²) in [7, 11) is 0. The molecule has 166 valence electrons. The first-order valence-corrected chi connectivity index (χ1v) is 11.0. The van der Waals surface area contributed by atoms with Crippen molar-refractivity contribution in [2.75, 3.05) is 36.5 Å². The van der Waals surface area contributed by atoms with Crippen LogP contribution in [0.4, 0.5) is 16.2 Å². The fourth-order valence-electron chi connectivity index (χ4n) is 3.37. The molecule has 1 fully saturated rings. The predicted molar refractivity (Wildman–Crippen MR) is 124 cm³/mol. The molecule has 1 heterocycles. The van der Waals surface area contributed by atoms with Gasteiger partial charge in [0.25, 0.3) is 0 Å². The van der Waals surface area contributed by atoms with Crippen LogP contribution in [0, 0.1) is 0 Å². The first kappa shape index (κ1) is 22.9. The topological polar surface area (TPSA) is 82.7 Å². The number of ether oxygens (including phenoxy) is 1. The second-order valence-corrected chi connectivity index (χ2v) is 7.87. The fraction of sp³-hybridized carbons (Fsp3) is 0.391. The van der Waals surface area contributed by atoms with Gasteiger partial charge in [0.05, 0.1) is 13.2 Å². The van der Waals surface area contributed by atoms with Gasteiger partial charge in [-0.05, 0) is 48.4 Å². The van der Waals surface area contributed by atoms with Crippen LogP contribution in [-0.2, 0) is 16.1 Å². The van der Waals surface area contributed by atoms with Crippen LogP contribution >= 0.6 is 11.6 Å². The standard InChI is InChI=1S/C23H29ClN4O3/c1-2-3-21(27-23(30)26-19-8-6-18(24)7-9-19)22(29)25-16-17-4-10-20(11-5-17)28-12-14-31-15-13-28/h4-11,21H,2-3,12-16H2,1H3,(H,25,29)(H2,26,27,30)/t21-/m1/s1. The number of nitrogens with one attached hydrogen (secondary N) is 3. The molecule has 1 aliphatic rings. The smallest absolute Gasteiger partial charge is 0.319 e. The van der Waals surface area contributed by atoms with Crippen molar-refractivity contribution in [1.82, 2.24) is 10.6 Å². The largest absolute Gasteiger partial charge is 0.378 e. The van der Waals surface area contributed by atoms with Gasteiger partial charge in [0.1, 0.15) is 6.04 Å². The fourth-order valence-corrected chi connectivity index (χ4v) is 3.50. The Morgan fingerprint density at radius 3 is 2.39 bits per heavy atom. The lowest BCUT2D eigenvalue weighted by atomic mass is 10.1. The molecule has 1 aliphatic heterocycles.